The first-order chi connectivity index (χ1) is 28.7. The van der Waals surface area contributed by atoms with Gasteiger partial charge in [0.15, 0.2) is 0 Å². The molecule has 0 fully saturated rings. The third-order valence-corrected chi connectivity index (χ3v) is 12.7. The minimum Gasteiger partial charge on any atom is -0.311 e. The molecule has 0 unspecified atom stereocenters. The van der Waals surface area contributed by atoms with Gasteiger partial charge in [0.25, 0.3) is 0 Å². The third-order valence-electron chi connectivity index (χ3n) is 11.5. The Morgan fingerprint density at radius 1 is 0.276 bits per heavy atom. The summed E-state index contributed by atoms with van der Waals surface area (Å²) < 4.78 is 2.66. The Morgan fingerprint density at radius 3 is 1.28 bits per heavy atom. The Labute approximate surface area is 342 Å². The molecule has 1 heterocycles. The van der Waals surface area contributed by atoms with Gasteiger partial charge in [-0.15, -0.1) is 11.3 Å². The maximum absolute atomic E-state index is 2.36. The highest BCUT2D eigenvalue weighted by Gasteiger charge is 2.15. The summed E-state index contributed by atoms with van der Waals surface area (Å²) >= 11 is 1.88. The number of nitrogens with zero attached hydrogens (tertiary/aromatic N) is 1. The van der Waals surface area contributed by atoms with E-state index in [2.05, 4.69) is 229 Å². The second-order valence-electron chi connectivity index (χ2n) is 15.0. The summed E-state index contributed by atoms with van der Waals surface area (Å²) in [5.41, 5.74) is 13.0. The molecule has 1 aromatic heterocycles. The van der Waals surface area contributed by atoms with E-state index in [0.29, 0.717) is 0 Å². The maximum atomic E-state index is 2.36. The van der Waals surface area contributed by atoms with Crippen LogP contribution in [0.1, 0.15) is 0 Å². The Kier molecular flexibility index (Phi) is 8.42. The van der Waals surface area contributed by atoms with E-state index >= 15 is 0 Å². The van der Waals surface area contributed by atoms with Gasteiger partial charge in [-0.25, -0.2) is 0 Å². The van der Waals surface area contributed by atoms with E-state index in [1.165, 1.54) is 86.2 Å². The third kappa shape index (κ3) is 6.21. The number of benzene rings is 10. The zero-order chi connectivity index (χ0) is 38.4. The van der Waals surface area contributed by atoms with Gasteiger partial charge in [-0.3, -0.25) is 0 Å². The van der Waals surface area contributed by atoms with Crippen molar-refractivity contribution in [3.63, 3.8) is 0 Å². The van der Waals surface area contributed by atoms with Crippen molar-refractivity contribution in [3.05, 3.63) is 224 Å². The topological polar surface area (TPSA) is 3.24 Å². The smallest absolute Gasteiger partial charge is 0.0462 e. The van der Waals surface area contributed by atoms with Gasteiger partial charge in [-0.1, -0.05) is 164 Å². The second kappa shape index (κ2) is 14.4. The van der Waals surface area contributed by atoms with Crippen LogP contribution in [0.2, 0.25) is 0 Å². The van der Waals surface area contributed by atoms with Crippen molar-refractivity contribution in [2.75, 3.05) is 4.90 Å². The number of hydrogen-bond acceptors (Lipinski definition) is 2. The highest BCUT2D eigenvalue weighted by molar-refractivity contribution is 7.26. The van der Waals surface area contributed by atoms with E-state index in [-0.39, 0.29) is 0 Å². The van der Waals surface area contributed by atoms with E-state index in [1.807, 2.05) is 11.3 Å². The largest absolute Gasteiger partial charge is 0.311 e. The fourth-order valence-electron chi connectivity index (χ4n) is 8.43. The number of anilines is 3. The van der Waals surface area contributed by atoms with Crippen LogP contribution in [0.4, 0.5) is 17.1 Å². The van der Waals surface area contributed by atoms with Gasteiger partial charge < -0.3 is 4.90 Å². The lowest BCUT2D eigenvalue weighted by Crippen LogP contribution is -2.09. The Hall–Kier alpha value is -7.26. The molecule has 11 rings (SSSR count). The van der Waals surface area contributed by atoms with Crippen LogP contribution in [0, 0.1) is 0 Å². The first kappa shape index (κ1) is 34.0. The van der Waals surface area contributed by atoms with E-state index in [9.17, 15) is 0 Å². The van der Waals surface area contributed by atoms with Crippen LogP contribution < -0.4 is 4.90 Å². The van der Waals surface area contributed by atoms with Crippen molar-refractivity contribution in [2.45, 2.75) is 0 Å². The van der Waals surface area contributed by atoms with Crippen LogP contribution >= 0.6 is 11.3 Å². The summed E-state index contributed by atoms with van der Waals surface area (Å²) in [6.45, 7) is 0. The first-order valence-electron chi connectivity index (χ1n) is 19.8. The van der Waals surface area contributed by atoms with Gasteiger partial charge in [-0.2, -0.15) is 0 Å². The van der Waals surface area contributed by atoms with Crippen molar-refractivity contribution in [2.24, 2.45) is 0 Å². The molecular weight excluding hydrogens is 719 g/mol. The molecule has 272 valence electrons. The number of hydrogen-bond donors (Lipinski definition) is 0. The molecule has 0 N–H and O–H groups in total. The molecule has 0 saturated carbocycles. The monoisotopic (exact) mass is 755 g/mol. The summed E-state index contributed by atoms with van der Waals surface area (Å²) in [7, 11) is 0. The van der Waals surface area contributed by atoms with Crippen molar-refractivity contribution in [3.8, 4) is 44.5 Å². The predicted octanol–water partition coefficient (Wildman–Crippen LogP) is 16.5. The van der Waals surface area contributed by atoms with Gasteiger partial charge in [0, 0.05) is 37.2 Å². The first-order valence-corrected chi connectivity index (χ1v) is 20.6. The Bertz CT molecular complexity index is 3140. The van der Waals surface area contributed by atoms with Crippen molar-refractivity contribution < 1.29 is 0 Å². The van der Waals surface area contributed by atoms with Crippen molar-refractivity contribution in [1.82, 2.24) is 0 Å². The van der Waals surface area contributed by atoms with Gasteiger partial charge in [0.1, 0.15) is 0 Å². The molecule has 58 heavy (non-hydrogen) atoms. The van der Waals surface area contributed by atoms with Crippen LogP contribution in [-0.2, 0) is 0 Å². The molecule has 1 nitrogen and oxygen atoms in total. The molecule has 0 saturated heterocycles. The SMILES string of the molecule is c1cc(-c2ccc(N(c3ccc(-c4ccc5ccccc5c4)cc3)c3ccc(-c4ccc5ccccc5c4)cc3)cc2)cc(-c2cccc3c2sc2ccccc23)c1. The number of rotatable bonds is 7. The number of thiophene rings is 1. The zero-order valence-electron chi connectivity index (χ0n) is 31.7. The number of fused-ring (bicyclic) bond motifs is 5. The van der Waals surface area contributed by atoms with Crippen molar-refractivity contribution >= 4 is 70.1 Å². The van der Waals surface area contributed by atoms with Crippen LogP contribution in [0.5, 0.6) is 0 Å². The van der Waals surface area contributed by atoms with Gasteiger partial charge in [0.05, 0.1) is 0 Å². The normalized spacial score (nSPS) is 11.4. The average Bonchev–Trinajstić information content (AvgIpc) is 3.69. The van der Waals surface area contributed by atoms with Gasteiger partial charge in [-0.05, 0) is 127 Å². The van der Waals surface area contributed by atoms with E-state index < -0.39 is 0 Å². The average molecular weight is 756 g/mol. The van der Waals surface area contributed by atoms with Gasteiger partial charge in [0.2, 0.25) is 0 Å². The summed E-state index contributed by atoms with van der Waals surface area (Å²) in [6, 6.07) is 81.9. The standard InChI is InChI=1S/C56H37NS/c1-3-11-43-35-46(21-19-38(43)9-1)41-25-31-50(32-26-41)57(51-33-27-42(28-34-51)47-22-20-39-10-2-4-12-44(39)36-47)49-29-23-40(24-30-49)45-13-7-14-48(37-45)52-16-8-17-54-53-15-5-6-18-55(53)58-56(52)54/h1-37H. The summed E-state index contributed by atoms with van der Waals surface area (Å²) in [5.74, 6) is 0. The van der Waals surface area contributed by atoms with E-state index in [1.54, 1.807) is 0 Å². The molecule has 0 spiro atoms. The molecular formula is C56H37NS. The highest BCUT2D eigenvalue weighted by atomic mass is 32.1. The van der Waals surface area contributed by atoms with Crippen LogP contribution in [0.25, 0.3) is 86.2 Å². The summed E-state index contributed by atoms with van der Waals surface area (Å²) in [5, 5.41) is 7.66. The van der Waals surface area contributed by atoms with Crippen LogP contribution in [0.15, 0.2) is 224 Å². The van der Waals surface area contributed by atoms with Crippen LogP contribution in [-0.4, -0.2) is 0 Å². The minimum absolute atomic E-state index is 1.10. The van der Waals surface area contributed by atoms with Crippen molar-refractivity contribution in [1.29, 1.82) is 0 Å². The Morgan fingerprint density at radius 2 is 0.707 bits per heavy atom. The maximum Gasteiger partial charge on any atom is 0.0462 e. The lowest BCUT2D eigenvalue weighted by Gasteiger charge is -2.26. The fourth-order valence-corrected chi connectivity index (χ4v) is 9.67. The molecule has 2 heteroatoms. The molecule has 10 aromatic carbocycles. The molecule has 0 aliphatic carbocycles. The highest BCUT2D eigenvalue weighted by Crippen LogP contribution is 2.42. The zero-order valence-corrected chi connectivity index (χ0v) is 32.5. The molecule has 11 aromatic rings. The lowest BCUT2D eigenvalue weighted by molar-refractivity contribution is 1.28. The molecule has 0 atom stereocenters. The van der Waals surface area contributed by atoms with E-state index in [0.717, 1.165) is 17.1 Å². The van der Waals surface area contributed by atoms with E-state index in [4.69, 9.17) is 0 Å². The van der Waals surface area contributed by atoms with Gasteiger partial charge >= 0.3 is 0 Å². The molecule has 0 radical (unpaired) electrons. The fraction of sp³-hybridized carbons (Fsp3) is 0. The predicted molar refractivity (Wildman–Crippen MR) is 251 cm³/mol. The lowest BCUT2D eigenvalue weighted by atomic mass is 9.97. The quantitative estimate of drug-likeness (QED) is 0.157. The second-order valence-corrected chi connectivity index (χ2v) is 16.0. The molecule has 0 bridgehead atoms. The minimum atomic E-state index is 1.10. The van der Waals surface area contributed by atoms with Crippen LogP contribution in [0.3, 0.4) is 0 Å². The Balaban J connectivity index is 0.951. The summed E-state index contributed by atoms with van der Waals surface area (Å²) in [4.78, 5) is 2.36. The molecule has 0 amide bonds. The molecule has 0 aliphatic rings. The summed E-state index contributed by atoms with van der Waals surface area (Å²) in [6.07, 6.45) is 0. The molecule has 0 aliphatic heterocycles.